The lowest BCUT2D eigenvalue weighted by molar-refractivity contribution is 0.0963. The van der Waals surface area contributed by atoms with E-state index in [0.717, 1.165) is 0 Å². The van der Waals surface area contributed by atoms with Crippen molar-refractivity contribution in [1.29, 1.82) is 0 Å². The van der Waals surface area contributed by atoms with Crippen molar-refractivity contribution in [3.63, 3.8) is 0 Å². The number of hydrogen-bond donors (Lipinski definition) is 2. The summed E-state index contributed by atoms with van der Waals surface area (Å²) in [6.07, 6.45) is 1.38. The Hall–Kier alpha value is -2.34. The van der Waals surface area contributed by atoms with Crippen LogP contribution in [0.1, 0.15) is 17.3 Å². The van der Waals surface area contributed by atoms with Crippen molar-refractivity contribution >= 4 is 23.3 Å². The van der Waals surface area contributed by atoms with Crippen molar-refractivity contribution < 1.29 is 9.53 Å². The lowest BCUT2D eigenvalue weighted by Crippen LogP contribution is -2.20. The maximum Gasteiger partial charge on any atom is 0.256 e. The third-order valence-corrected chi connectivity index (χ3v) is 3.01. The fourth-order valence-electron chi connectivity index (χ4n) is 1.79. The lowest BCUT2D eigenvalue weighted by atomic mass is 10.1. The van der Waals surface area contributed by atoms with Crippen LogP contribution in [0.15, 0.2) is 24.4 Å². The van der Waals surface area contributed by atoms with Crippen LogP contribution in [-0.4, -0.2) is 29.5 Å². The summed E-state index contributed by atoms with van der Waals surface area (Å²) in [5.74, 6) is 0.719. The minimum Gasteiger partial charge on any atom is -0.493 e. The van der Waals surface area contributed by atoms with E-state index in [9.17, 15) is 4.79 Å². The second-order valence-electron chi connectivity index (χ2n) is 4.15. The molecule has 0 aliphatic carbocycles. The molecule has 0 unspecified atom stereocenters. The predicted molar refractivity (Wildman–Crippen MR) is 81.4 cm³/mol. The second-order valence-corrected chi connectivity index (χ2v) is 4.58. The highest BCUT2D eigenvalue weighted by Gasteiger charge is 2.15. The number of nitrogen functional groups attached to an aromatic ring is 1. The smallest absolute Gasteiger partial charge is 0.256 e. The number of nitrogens with one attached hydrogen (secondary N) is 1. The Balaban J connectivity index is 2.49. The first-order valence-corrected chi connectivity index (χ1v) is 6.72. The Bertz CT molecular complexity index is 676. The molecule has 0 bridgehead atoms. The number of amides is 1. The first-order valence-electron chi connectivity index (χ1n) is 6.34. The molecule has 1 heterocycles. The van der Waals surface area contributed by atoms with E-state index in [1.807, 2.05) is 6.92 Å². The van der Waals surface area contributed by atoms with Crippen LogP contribution in [0.3, 0.4) is 0 Å². The summed E-state index contributed by atoms with van der Waals surface area (Å²) in [5.41, 5.74) is 6.66. The molecule has 7 heteroatoms. The quantitative estimate of drug-likeness (QED) is 0.903. The minimum absolute atomic E-state index is 0.0989. The highest BCUT2D eigenvalue weighted by molar-refractivity contribution is 6.30. The molecule has 1 aromatic carbocycles. The van der Waals surface area contributed by atoms with Gasteiger partial charge in [-0.25, -0.2) is 9.97 Å². The van der Waals surface area contributed by atoms with Gasteiger partial charge in [-0.2, -0.15) is 0 Å². The molecule has 0 aliphatic rings. The average Bonchev–Trinajstić information content (AvgIpc) is 2.48. The van der Waals surface area contributed by atoms with E-state index in [0.29, 0.717) is 28.8 Å². The van der Waals surface area contributed by atoms with Gasteiger partial charge >= 0.3 is 0 Å². The molecule has 1 amide bonds. The summed E-state index contributed by atoms with van der Waals surface area (Å²) in [5, 5.41) is 3.01. The van der Waals surface area contributed by atoms with Crippen LogP contribution in [0.2, 0.25) is 5.02 Å². The number of nitrogens with two attached hydrogens (primary N) is 1. The summed E-state index contributed by atoms with van der Waals surface area (Å²) in [7, 11) is 1.51. The summed E-state index contributed by atoms with van der Waals surface area (Å²) in [6, 6.07) is 5.16. The molecular formula is C14H15ClN4O2. The normalized spacial score (nSPS) is 10.2. The number of ether oxygens (including phenoxy) is 1. The van der Waals surface area contributed by atoms with Crippen LogP contribution in [0.4, 0.5) is 5.82 Å². The van der Waals surface area contributed by atoms with Crippen LogP contribution in [-0.2, 0) is 0 Å². The molecule has 2 rings (SSSR count). The second kappa shape index (κ2) is 6.41. The van der Waals surface area contributed by atoms with Gasteiger partial charge in [-0.15, -0.1) is 0 Å². The van der Waals surface area contributed by atoms with Gasteiger partial charge < -0.3 is 15.8 Å². The van der Waals surface area contributed by atoms with Gasteiger partial charge in [0.25, 0.3) is 5.91 Å². The molecule has 0 atom stereocenters. The van der Waals surface area contributed by atoms with E-state index in [1.165, 1.54) is 13.2 Å². The third-order valence-electron chi connectivity index (χ3n) is 2.77. The number of aromatic nitrogens is 2. The highest BCUT2D eigenvalue weighted by Crippen LogP contribution is 2.31. The largest absolute Gasteiger partial charge is 0.493 e. The zero-order valence-electron chi connectivity index (χ0n) is 11.7. The van der Waals surface area contributed by atoms with Gasteiger partial charge in [-0.05, 0) is 25.1 Å². The van der Waals surface area contributed by atoms with Gasteiger partial charge in [-0.3, -0.25) is 4.79 Å². The van der Waals surface area contributed by atoms with Gasteiger partial charge in [0.2, 0.25) is 0 Å². The van der Waals surface area contributed by atoms with E-state index in [2.05, 4.69) is 15.3 Å². The van der Waals surface area contributed by atoms with E-state index < -0.39 is 0 Å². The standard InChI is InChI=1S/C14H15ClN4O2/c1-3-21-11-5-4-8(15)6-9(11)13-18-7-10(12(16)19-13)14(20)17-2/h4-7H,3H2,1-2H3,(H,17,20)(H2,16,18,19). The van der Waals surface area contributed by atoms with Crippen LogP contribution >= 0.6 is 11.6 Å². The number of nitrogens with zero attached hydrogens (tertiary/aromatic N) is 2. The summed E-state index contributed by atoms with van der Waals surface area (Å²) >= 11 is 6.00. The first kappa shape index (κ1) is 15.1. The van der Waals surface area contributed by atoms with E-state index in [4.69, 9.17) is 22.1 Å². The van der Waals surface area contributed by atoms with Crippen molar-refractivity contribution in [1.82, 2.24) is 15.3 Å². The molecule has 6 nitrogen and oxygen atoms in total. The molecule has 0 saturated carbocycles. The number of carbonyl (C=O) groups excluding carboxylic acids is 1. The minimum atomic E-state index is -0.338. The van der Waals surface area contributed by atoms with Crippen LogP contribution in [0, 0.1) is 0 Å². The molecule has 0 fully saturated rings. The molecule has 0 aliphatic heterocycles. The fourth-order valence-corrected chi connectivity index (χ4v) is 1.96. The fraction of sp³-hybridized carbons (Fsp3) is 0.214. The number of benzene rings is 1. The predicted octanol–water partition coefficient (Wildman–Crippen LogP) is 2.14. The van der Waals surface area contributed by atoms with Crippen molar-refractivity contribution in [2.45, 2.75) is 6.92 Å². The SMILES string of the molecule is CCOc1ccc(Cl)cc1-c1ncc(C(=O)NC)c(N)n1. The van der Waals surface area contributed by atoms with Crippen molar-refractivity contribution in [2.75, 3.05) is 19.4 Å². The molecule has 0 radical (unpaired) electrons. The number of hydrogen-bond acceptors (Lipinski definition) is 5. The van der Waals surface area contributed by atoms with Gasteiger partial charge in [0.15, 0.2) is 5.82 Å². The van der Waals surface area contributed by atoms with Crippen molar-refractivity contribution in [2.24, 2.45) is 0 Å². The average molecular weight is 307 g/mol. The maximum atomic E-state index is 11.6. The molecule has 110 valence electrons. The van der Waals surface area contributed by atoms with Gasteiger partial charge in [0.1, 0.15) is 11.6 Å². The molecular weight excluding hydrogens is 292 g/mol. The van der Waals surface area contributed by atoms with E-state index in [1.54, 1.807) is 18.2 Å². The monoisotopic (exact) mass is 306 g/mol. The third kappa shape index (κ3) is 3.22. The number of carbonyl (C=O) groups is 1. The summed E-state index contributed by atoms with van der Waals surface area (Å²) in [6.45, 7) is 2.38. The van der Waals surface area contributed by atoms with Crippen LogP contribution < -0.4 is 15.8 Å². The zero-order chi connectivity index (χ0) is 15.4. The number of rotatable bonds is 4. The van der Waals surface area contributed by atoms with E-state index in [-0.39, 0.29) is 17.3 Å². The van der Waals surface area contributed by atoms with Crippen molar-refractivity contribution in [3.8, 4) is 17.1 Å². The van der Waals surface area contributed by atoms with E-state index >= 15 is 0 Å². The Kier molecular flexibility index (Phi) is 4.59. The first-order chi connectivity index (χ1) is 10.1. The Morgan fingerprint density at radius 2 is 2.24 bits per heavy atom. The molecule has 0 saturated heterocycles. The lowest BCUT2D eigenvalue weighted by Gasteiger charge is -2.11. The van der Waals surface area contributed by atoms with Gasteiger partial charge in [0, 0.05) is 18.3 Å². The van der Waals surface area contributed by atoms with Gasteiger partial charge in [0.05, 0.1) is 17.7 Å². The topological polar surface area (TPSA) is 90.1 Å². The van der Waals surface area contributed by atoms with Crippen LogP contribution in [0.5, 0.6) is 5.75 Å². The summed E-state index contributed by atoms with van der Waals surface area (Å²) in [4.78, 5) is 19.9. The van der Waals surface area contributed by atoms with Crippen molar-refractivity contribution in [3.05, 3.63) is 35.0 Å². The number of halogens is 1. The number of anilines is 1. The molecule has 2 aromatic rings. The molecule has 3 N–H and O–H groups in total. The Morgan fingerprint density at radius 3 is 2.86 bits per heavy atom. The Labute approximate surface area is 127 Å². The maximum absolute atomic E-state index is 11.6. The molecule has 21 heavy (non-hydrogen) atoms. The summed E-state index contributed by atoms with van der Waals surface area (Å²) < 4.78 is 5.53. The molecule has 0 spiro atoms. The molecule has 1 aromatic heterocycles. The zero-order valence-corrected chi connectivity index (χ0v) is 12.4. The van der Waals surface area contributed by atoms with Gasteiger partial charge in [-0.1, -0.05) is 11.6 Å². The Morgan fingerprint density at radius 1 is 1.48 bits per heavy atom. The van der Waals surface area contributed by atoms with Crippen LogP contribution in [0.25, 0.3) is 11.4 Å². The highest BCUT2D eigenvalue weighted by atomic mass is 35.5.